The highest BCUT2D eigenvalue weighted by Gasteiger charge is 2.11. The van der Waals surface area contributed by atoms with Crippen LogP contribution in [0.15, 0.2) is 24.3 Å². The first-order valence-corrected chi connectivity index (χ1v) is 3.95. The first-order chi connectivity index (χ1) is 6.16. The number of aryl methyl sites for hydroxylation is 1. The average Bonchev–Trinajstić information content (AvgIpc) is 2.16. The molecule has 0 N–H and O–H groups in total. The van der Waals surface area contributed by atoms with Crippen LogP contribution in [-0.2, 0) is 4.79 Å². The van der Waals surface area contributed by atoms with Gasteiger partial charge in [-0.15, -0.1) is 0 Å². The van der Waals surface area contributed by atoms with Crippen LogP contribution < -0.4 is 0 Å². The van der Waals surface area contributed by atoms with Crippen LogP contribution in [-0.4, -0.2) is 24.3 Å². The van der Waals surface area contributed by atoms with E-state index in [1.54, 1.807) is 12.1 Å². The summed E-state index contributed by atoms with van der Waals surface area (Å²) in [5.41, 5.74) is 1.44. The lowest BCUT2D eigenvalue weighted by molar-refractivity contribution is -0.115. The Morgan fingerprint density at radius 3 is 2.54 bits per heavy atom. The van der Waals surface area contributed by atoms with Gasteiger partial charge in [-0.25, -0.2) is 0 Å². The Bertz CT molecular complexity index is 333. The summed E-state index contributed by atoms with van der Waals surface area (Å²) in [5, 5.41) is 0. The summed E-state index contributed by atoms with van der Waals surface area (Å²) in [6.07, 6.45) is 0.509. The van der Waals surface area contributed by atoms with E-state index in [4.69, 9.17) is 0 Å². The molecule has 1 aromatic carbocycles. The maximum absolute atomic E-state index is 11.5. The van der Waals surface area contributed by atoms with Gasteiger partial charge in [-0.3, -0.25) is 14.5 Å². The van der Waals surface area contributed by atoms with Gasteiger partial charge in [0.05, 0.1) is 0 Å². The van der Waals surface area contributed by atoms with Crippen LogP contribution >= 0.6 is 0 Å². The second-order valence-electron chi connectivity index (χ2n) is 2.84. The zero-order valence-corrected chi connectivity index (χ0v) is 7.65. The van der Waals surface area contributed by atoms with E-state index in [1.807, 2.05) is 19.1 Å². The molecular formula is C10H11NO2. The zero-order valence-electron chi connectivity index (χ0n) is 7.65. The van der Waals surface area contributed by atoms with Gasteiger partial charge in [0.1, 0.15) is 0 Å². The third-order valence-corrected chi connectivity index (χ3v) is 1.85. The van der Waals surface area contributed by atoms with Crippen molar-refractivity contribution in [3.05, 3.63) is 35.4 Å². The summed E-state index contributed by atoms with van der Waals surface area (Å²) in [6.45, 7) is 1.84. The van der Waals surface area contributed by atoms with Gasteiger partial charge in [0.25, 0.3) is 5.91 Å². The van der Waals surface area contributed by atoms with Crippen LogP contribution in [0.3, 0.4) is 0 Å². The van der Waals surface area contributed by atoms with Gasteiger partial charge < -0.3 is 0 Å². The third kappa shape index (κ3) is 1.93. The molecule has 2 amide bonds. The van der Waals surface area contributed by atoms with Crippen molar-refractivity contribution in [2.75, 3.05) is 7.05 Å². The van der Waals surface area contributed by atoms with Crippen LogP contribution in [0.4, 0.5) is 0 Å². The van der Waals surface area contributed by atoms with Crippen molar-refractivity contribution in [1.29, 1.82) is 0 Å². The van der Waals surface area contributed by atoms with E-state index >= 15 is 0 Å². The molecule has 13 heavy (non-hydrogen) atoms. The lowest BCUT2D eigenvalue weighted by atomic mass is 10.1. The molecular weight excluding hydrogens is 166 g/mol. The summed E-state index contributed by atoms with van der Waals surface area (Å²) < 4.78 is 0. The van der Waals surface area contributed by atoms with Gasteiger partial charge in [-0.1, -0.05) is 18.2 Å². The number of carbonyl (C=O) groups is 2. The van der Waals surface area contributed by atoms with Gasteiger partial charge in [-0.05, 0) is 18.6 Å². The molecule has 0 atom stereocenters. The minimum Gasteiger partial charge on any atom is -0.284 e. The Labute approximate surface area is 77.0 Å². The molecule has 0 saturated carbocycles. The highest BCUT2D eigenvalue weighted by atomic mass is 16.2. The molecule has 0 spiro atoms. The minimum absolute atomic E-state index is 0.270. The SMILES string of the molecule is Cc1ccccc1C(=O)N(C)C=O. The predicted molar refractivity (Wildman–Crippen MR) is 49.3 cm³/mol. The van der Waals surface area contributed by atoms with Crippen molar-refractivity contribution in [1.82, 2.24) is 4.90 Å². The highest BCUT2D eigenvalue weighted by molar-refractivity contribution is 6.00. The molecule has 0 radical (unpaired) electrons. The third-order valence-electron chi connectivity index (χ3n) is 1.85. The van der Waals surface area contributed by atoms with E-state index in [0.29, 0.717) is 12.0 Å². The zero-order chi connectivity index (χ0) is 9.84. The van der Waals surface area contributed by atoms with Gasteiger partial charge in [-0.2, -0.15) is 0 Å². The van der Waals surface area contributed by atoms with Crippen LogP contribution in [0.1, 0.15) is 15.9 Å². The van der Waals surface area contributed by atoms with Crippen molar-refractivity contribution in [2.45, 2.75) is 6.92 Å². The van der Waals surface area contributed by atoms with Crippen LogP contribution in [0.2, 0.25) is 0 Å². The molecule has 0 unspecified atom stereocenters. The lowest BCUT2D eigenvalue weighted by Gasteiger charge is -2.10. The summed E-state index contributed by atoms with van der Waals surface area (Å²) in [5.74, 6) is -0.270. The van der Waals surface area contributed by atoms with E-state index in [2.05, 4.69) is 0 Å². The molecule has 0 aromatic heterocycles. The molecule has 68 valence electrons. The average molecular weight is 177 g/mol. The second-order valence-corrected chi connectivity index (χ2v) is 2.84. The van der Waals surface area contributed by atoms with E-state index in [9.17, 15) is 9.59 Å². The number of carbonyl (C=O) groups excluding carboxylic acids is 2. The first kappa shape index (κ1) is 9.45. The van der Waals surface area contributed by atoms with Crippen molar-refractivity contribution in [2.24, 2.45) is 0 Å². The minimum atomic E-state index is -0.270. The number of rotatable bonds is 2. The molecule has 0 fully saturated rings. The Balaban J connectivity index is 3.02. The molecule has 0 aliphatic heterocycles. The van der Waals surface area contributed by atoms with Crippen LogP contribution in [0.5, 0.6) is 0 Å². The van der Waals surface area contributed by atoms with Crippen molar-refractivity contribution in [3.63, 3.8) is 0 Å². The smallest absolute Gasteiger partial charge is 0.260 e. The standard InChI is InChI=1S/C10H11NO2/c1-8-5-3-4-6-9(8)10(13)11(2)7-12/h3-7H,1-2H3. The molecule has 0 saturated heterocycles. The fourth-order valence-electron chi connectivity index (χ4n) is 1.05. The van der Waals surface area contributed by atoms with Crippen LogP contribution in [0.25, 0.3) is 0 Å². The molecule has 0 aliphatic carbocycles. The lowest BCUT2D eigenvalue weighted by Crippen LogP contribution is -2.25. The van der Waals surface area contributed by atoms with E-state index in [1.165, 1.54) is 7.05 Å². The van der Waals surface area contributed by atoms with Gasteiger partial charge in [0.15, 0.2) is 0 Å². The molecule has 3 heteroatoms. The maximum atomic E-state index is 11.5. The number of hydrogen-bond acceptors (Lipinski definition) is 2. The topological polar surface area (TPSA) is 37.4 Å². The molecule has 0 aliphatic rings. The Hall–Kier alpha value is -1.64. The molecule has 1 aromatic rings. The predicted octanol–water partition coefficient (Wildman–Crippen LogP) is 1.22. The van der Waals surface area contributed by atoms with Gasteiger partial charge in [0, 0.05) is 12.6 Å². The van der Waals surface area contributed by atoms with E-state index < -0.39 is 0 Å². The summed E-state index contributed by atoms with van der Waals surface area (Å²) in [6, 6.07) is 7.18. The number of hydrogen-bond donors (Lipinski definition) is 0. The van der Waals surface area contributed by atoms with Crippen molar-refractivity contribution < 1.29 is 9.59 Å². The molecule has 0 bridgehead atoms. The van der Waals surface area contributed by atoms with Crippen LogP contribution in [0, 0.1) is 6.92 Å². The monoisotopic (exact) mass is 177 g/mol. The second kappa shape index (κ2) is 3.85. The Morgan fingerprint density at radius 2 is 2.00 bits per heavy atom. The first-order valence-electron chi connectivity index (χ1n) is 3.95. The van der Waals surface area contributed by atoms with E-state index in [-0.39, 0.29) is 5.91 Å². The van der Waals surface area contributed by atoms with E-state index in [0.717, 1.165) is 10.5 Å². The summed E-state index contributed by atoms with van der Waals surface area (Å²) >= 11 is 0. The fraction of sp³-hybridized carbons (Fsp3) is 0.200. The van der Waals surface area contributed by atoms with Crippen molar-refractivity contribution >= 4 is 12.3 Å². The Kier molecular flexibility index (Phi) is 2.80. The molecule has 3 nitrogen and oxygen atoms in total. The fourth-order valence-corrected chi connectivity index (χ4v) is 1.05. The Morgan fingerprint density at radius 1 is 1.38 bits per heavy atom. The summed E-state index contributed by atoms with van der Waals surface area (Å²) in [4.78, 5) is 22.9. The highest BCUT2D eigenvalue weighted by Crippen LogP contribution is 2.08. The summed E-state index contributed by atoms with van der Waals surface area (Å²) in [7, 11) is 1.45. The number of imide groups is 1. The van der Waals surface area contributed by atoms with Gasteiger partial charge in [0.2, 0.25) is 6.41 Å². The number of benzene rings is 1. The largest absolute Gasteiger partial charge is 0.284 e. The molecule has 1 rings (SSSR count). The number of nitrogens with zero attached hydrogens (tertiary/aromatic N) is 1. The maximum Gasteiger partial charge on any atom is 0.260 e. The van der Waals surface area contributed by atoms with Crippen molar-refractivity contribution in [3.8, 4) is 0 Å². The molecule has 0 heterocycles. The van der Waals surface area contributed by atoms with Gasteiger partial charge >= 0.3 is 0 Å². The number of amides is 2. The normalized spacial score (nSPS) is 9.38. The quantitative estimate of drug-likeness (QED) is 0.637.